The van der Waals surface area contributed by atoms with Gasteiger partial charge in [-0.25, -0.2) is 13.1 Å². The number of nitrogens with zero attached hydrogens (tertiary/aromatic N) is 2. The van der Waals surface area contributed by atoms with Gasteiger partial charge in [0, 0.05) is 24.7 Å². The molecule has 0 radical (unpaired) electrons. The lowest BCUT2D eigenvalue weighted by molar-refractivity contribution is 0.583. The van der Waals surface area contributed by atoms with E-state index in [1.807, 2.05) is 24.3 Å². The Bertz CT molecular complexity index is 1030. The number of hydrogen-bond acceptors (Lipinski definition) is 5. The molecule has 0 fully saturated rings. The molecule has 7 heteroatoms. The third-order valence-electron chi connectivity index (χ3n) is 3.67. The summed E-state index contributed by atoms with van der Waals surface area (Å²) in [6.45, 7) is 0.535. The fourth-order valence-corrected chi connectivity index (χ4v) is 3.53. The normalized spacial score (nSPS) is 11.2. The molecule has 3 rings (SSSR count). The zero-order valence-corrected chi connectivity index (χ0v) is 14.1. The molecule has 0 saturated carbocycles. The van der Waals surface area contributed by atoms with Gasteiger partial charge < -0.3 is 5.32 Å². The van der Waals surface area contributed by atoms with Gasteiger partial charge in [-0.2, -0.15) is 5.26 Å². The van der Waals surface area contributed by atoms with Gasteiger partial charge in [0.25, 0.3) is 0 Å². The highest BCUT2D eigenvalue weighted by Gasteiger charge is 2.13. The number of rotatable bonds is 6. The van der Waals surface area contributed by atoms with Crippen LogP contribution in [0.3, 0.4) is 0 Å². The molecule has 0 spiro atoms. The first-order valence-corrected chi connectivity index (χ1v) is 9.16. The minimum Gasteiger partial charge on any atom is -0.382 e. The number of benzene rings is 2. The molecule has 0 aliphatic heterocycles. The fraction of sp³-hybridized carbons (Fsp3) is 0.111. The number of anilines is 1. The molecule has 1 heterocycles. The van der Waals surface area contributed by atoms with Crippen LogP contribution >= 0.6 is 0 Å². The Balaban J connectivity index is 1.71. The van der Waals surface area contributed by atoms with Crippen molar-refractivity contribution in [2.24, 2.45) is 0 Å². The lowest BCUT2D eigenvalue weighted by Crippen LogP contribution is -2.29. The van der Waals surface area contributed by atoms with Gasteiger partial charge in [-0.3, -0.25) is 4.98 Å². The van der Waals surface area contributed by atoms with Crippen LogP contribution in [-0.2, 0) is 10.0 Å². The summed E-state index contributed by atoms with van der Waals surface area (Å²) >= 11 is 0. The van der Waals surface area contributed by atoms with E-state index in [1.165, 1.54) is 6.20 Å². The Labute approximate surface area is 146 Å². The van der Waals surface area contributed by atoms with Crippen LogP contribution in [0, 0.1) is 11.3 Å². The molecule has 0 aliphatic carbocycles. The molecule has 2 aromatic carbocycles. The van der Waals surface area contributed by atoms with Gasteiger partial charge in [0.2, 0.25) is 10.0 Å². The van der Waals surface area contributed by atoms with Crippen molar-refractivity contribution in [3.63, 3.8) is 0 Å². The first-order valence-electron chi connectivity index (χ1n) is 7.68. The molecule has 126 valence electrons. The van der Waals surface area contributed by atoms with Gasteiger partial charge in [-0.15, -0.1) is 0 Å². The number of hydrogen-bond donors (Lipinski definition) is 2. The Morgan fingerprint density at radius 1 is 1.00 bits per heavy atom. The fourth-order valence-electron chi connectivity index (χ4n) is 2.47. The third kappa shape index (κ3) is 3.76. The molecule has 1 aromatic heterocycles. The minimum atomic E-state index is -3.54. The molecule has 0 unspecified atom stereocenters. The average molecular weight is 352 g/mol. The van der Waals surface area contributed by atoms with E-state index in [0.29, 0.717) is 17.8 Å². The second-order valence-corrected chi connectivity index (χ2v) is 7.08. The summed E-state index contributed by atoms with van der Waals surface area (Å²) < 4.78 is 26.9. The van der Waals surface area contributed by atoms with E-state index in [4.69, 9.17) is 0 Å². The van der Waals surface area contributed by atoms with E-state index in [9.17, 15) is 13.7 Å². The van der Waals surface area contributed by atoms with E-state index in [0.717, 1.165) is 10.9 Å². The maximum Gasteiger partial charge on any atom is 0.240 e. The number of sulfonamides is 1. The van der Waals surface area contributed by atoms with Crippen LogP contribution < -0.4 is 10.0 Å². The number of nitrogens with one attached hydrogen (secondary N) is 2. The minimum absolute atomic E-state index is 0.193. The van der Waals surface area contributed by atoms with Gasteiger partial charge in [-0.05, 0) is 18.2 Å². The van der Waals surface area contributed by atoms with Crippen molar-refractivity contribution < 1.29 is 8.42 Å². The summed E-state index contributed by atoms with van der Waals surface area (Å²) in [6.07, 6.45) is 1.51. The van der Waals surface area contributed by atoms with Gasteiger partial charge in [0.15, 0.2) is 0 Å². The Kier molecular flexibility index (Phi) is 4.93. The summed E-state index contributed by atoms with van der Waals surface area (Å²) in [5.41, 5.74) is 1.85. The van der Waals surface area contributed by atoms with E-state index < -0.39 is 10.0 Å². The maximum absolute atomic E-state index is 12.2. The van der Waals surface area contributed by atoms with Crippen molar-refractivity contribution in [1.82, 2.24) is 9.71 Å². The molecular formula is C18H16N4O2S. The highest BCUT2D eigenvalue weighted by atomic mass is 32.2. The molecule has 2 N–H and O–H groups in total. The Morgan fingerprint density at radius 3 is 2.48 bits per heavy atom. The molecule has 0 atom stereocenters. The van der Waals surface area contributed by atoms with Crippen LogP contribution in [0.4, 0.5) is 5.69 Å². The predicted molar refractivity (Wildman–Crippen MR) is 96.6 cm³/mol. The van der Waals surface area contributed by atoms with Crippen LogP contribution in [0.2, 0.25) is 0 Å². The summed E-state index contributed by atoms with van der Waals surface area (Å²) in [5, 5.41) is 13.2. The Morgan fingerprint density at radius 2 is 1.72 bits per heavy atom. The van der Waals surface area contributed by atoms with E-state index >= 15 is 0 Å². The van der Waals surface area contributed by atoms with Gasteiger partial charge in [0.1, 0.15) is 6.07 Å². The highest BCUT2D eigenvalue weighted by Crippen LogP contribution is 2.24. The average Bonchev–Trinajstić information content (AvgIpc) is 2.65. The monoisotopic (exact) mass is 352 g/mol. The van der Waals surface area contributed by atoms with E-state index in [2.05, 4.69) is 21.1 Å². The van der Waals surface area contributed by atoms with Gasteiger partial charge >= 0.3 is 0 Å². The highest BCUT2D eigenvalue weighted by molar-refractivity contribution is 7.89. The number of nitriles is 1. The molecule has 0 aliphatic rings. The summed E-state index contributed by atoms with van der Waals surface area (Å²) in [7, 11) is -3.54. The number of pyridine rings is 1. The molecule has 3 aromatic rings. The van der Waals surface area contributed by atoms with Crippen molar-refractivity contribution in [1.29, 1.82) is 5.26 Å². The van der Waals surface area contributed by atoms with Crippen LogP contribution in [-0.4, -0.2) is 26.5 Å². The van der Waals surface area contributed by atoms with Crippen LogP contribution in [0.5, 0.6) is 0 Å². The standard InChI is InChI=1S/C18H16N4O2S/c19-12-14-13-21-17-9-5-4-8-16(17)18(14)20-10-11-22-25(23,24)15-6-2-1-3-7-15/h1-9,13,22H,10-11H2,(H,20,21). The van der Waals surface area contributed by atoms with Crippen molar-refractivity contribution in [2.45, 2.75) is 4.90 Å². The van der Waals surface area contributed by atoms with Gasteiger partial charge in [0.05, 0.1) is 21.7 Å². The first-order chi connectivity index (χ1) is 12.1. The first kappa shape index (κ1) is 16.9. The SMILES string of the molecule is N#Cc1cnc2ccccc2c1NCCNS(=O)(=O)c1ccccc1. The van der Waals surface area contributed by atoms with Crippen molar-refractivity contribution in [3.8, 4) is 6.07 Å². The molecular weight excluding hydrogens is 336 g/mol. The maximum atomic E-state index is 12.2. The molecule has 0 saturated heterocycles. The van der Waals surface area contributed by atoms with Crippen molar-refractivity contribution in [3.05, 3.63) is 66.4 Å². The summed E-state index contributed by atoms with van der Waals surface area (Å²) in [6, 6.07) is 17.8. The summed E-state index contributed by atoms with van der Waals surface area (Å²) in [5.74, 6) is 0. The molecule has 25 heavy (non-hydrogen) atoms. The van der Waals surface area contributed by atoms with E-state index in [-0.39, 0.29) is 11.4 Å². The van der Waals surface area contributed by atoms with Crippen molar-refractivity contribution >= 4 is 26.6 Å². The van der Waals surface area contributed by atoms with E-state index in [1.54, 1.807) is 30.3 Å². The largest absolute Gasteiger partial charge is 0.382 e. The lowest BCUT2D eigenvalue weighted by Gasteiger charge is -2.12. The number of fused-ring (bicyclic) bond motifs is 1. The Hall–Kier alpha value is -2.95. The molecule has 6 nitrogen and oxygen atoms in total. The third-order valence-corrected chi connectivity index (χ3v) is 5.15. The van der Waals surface area contributed by atoms with Crippen molar-refractivity contribution in [2.75, 3.05) is 18.4 Å². The second-order valence-electron chi connectivity index (χ2n) is 5.31. The topological polar surface area (TPSA) is 94.9 Å². The summed E-state index contributed by atoms with van der Waals surface area (Å²) in [4.78, 5) is 4.47. The lowest BCUT2D eigenvalue weighted by atomic mass is 10.1. The predicted octanol–water partition coefficient (Wildman–Crippen LogP) is 2.50. The quantitative estimate of drug-likeness (QED) is 0.665. The zero-order chi connectivity index (χ0) is 17.7. The van der Waals surface area contributed by atoms with Crippen LogP contribution in [0.25, 0.3) is 10.9 Å². The van der Waals surface area contributed by atoms with Crippen LogP contribution in [0.15, 0.2) is 65.7 Å². The molecule has 0 amide bonds. The number of aromatic nitrogens is 1. The van der Waals surface area contributed by atoms with Crippen LogP contribution in [0.1, 0.15) is 5.56 Å². The second kappa shape index (κ2) is 7.30. The number of para-hydroxylation sites is 1. The zero-order valence-electron chi connectivity index (χ0n) is 13.3. The van der Waals surface area contributed by atoms with Gasteiger partial charge in [-0.1, -0.05) is 36.4 Å². The smallest absolute Gasteiger partial charge is 0.240 e. The molecule has 0 bridgehead atoms.